The second-order valence-electron chi connectivity index (χ2n) is 7.22. The summed E-state index contributed by atoms with van der Waals surface area (Å²) in [5.74, 6) is 2.82. The number of hydrogen-bond donors (Lipinski definition) is 1. The topological polar surface area (TPSA) is 46.9 Å². The Morgan fingerprint density at radius 3 is 2.40 bits per heavy atom. The van der Waals surface area contributed by atoms with Crippen LogP contribution in [0.3, 0.4) is 0 Å². The van der Waals surface area contributed by atoms with Gasteiger partial charge in [0.05, 0.1) is 6.54 Å². The zero-order valence-electron chi connectivity index (χ0n) is 11.9. The molecule has 4 bridgehead atoms. The fourth-order valence-electron chi connectivity index (χ4n) is 5.29. The third-order valence-corrected chi connectivity index (χ3v) is 5.71. The molecule has 4 heteroatoms. The Balaban J connectivity index is 1.38. The first-order valence-corrected chi connectivity index (χ1v) is 7.99. The van der Waals surface area contributed by atoms with Crippen molar-refractivity contribution in [2.24, 2.45) is 23.2 Å². The Hall–Kier alpha value is -1.32. The van der Waals surface area contributed by atoms with Crippen molar-refractivity contribution in [3.8, 4) is 0 Å². The van der Waals surface area contributed by atoms with Crippen molar-refractivity contribution in [2.45, 2.75) is 45.1 Å². The van der Waals surface area contributed by atoms with E-state index in [1.807, 2.05) is 16.9 Å². The summed E-state index contributed by atoms with van der Waals surface area (Å²) in [4.78, 5) is 12.7. The number of carbonyl (C=O) groups is 1. The lowest BCUT2D eigenvalue weighted by Crippen LogP contribution is -2.53. The molecule has 1 heterocycles. The quantitative estimate of drug-likeness (QED) is 0.914. The van der Waals surface area contributed by atoms with E-state index < -0.39 is 0 Å². The van der Waals surface area contributed by atoms with E-state index in [0.717, 1.165) is 43.6 Å². The Labute approximate surface area is 119 Å². The first-order valence-electron chi connectivity index (χ1n) is 7.99. The number of rotatable bonds is 4. The van der Waals surface area contributed by atoms with Gasteiger partial charge in [-0.3, -0.25) is 9.48 Å². The van der Waals surface area contributed by atoms with Crippen LogP contribution in [0, 0.1) is 23.2 Å². The summed E-state index contributed by atoms with van der Waals surface area (Å²) in [5.41, 5.74) is -0.0150. The van der Waals surface area contributed by atoms with Crippen LogP contribution in [0.2, 0.25) is 0 Å². The van der Waals surface area contributed by atoms with Crippen molar-refractivity contribution in [3.63, 3.8) is 0 Å². The number of aromatic nitrogens is 2. The van der Waals surface area contributed by atoms with Gasteiger partial charge in [0, 0.05) is 24.4 Å². The molecule has 20 heavy (non-hydrogen) atoms. The highest BCUT2D eigenvalue weighted by atomic mass is 16.2. The van der Waals surface area contributed by atoms with Gasteiger partial charge in [-0.2, -0.15) is 5.10 Å². The van der Waals surface area contributed by atoms with Crippen molar-refractivity contribution < 1.29 is 4.79 Å². The van der Waals surface area contributed by atoms with Crippen LogP contribution in [0.1, 0.15) is 38.5 Å². The van der Waals surface area contributed by atoms with Crippen LogP contribution in [-0.2, 0) is 11.3 Å². The van der Waals surface area contributed by atoms with E-state index in [0.29, 0.717) is 12.5 Å². The highest BCUT2D eigenvalue weighted by Gasteiger charge is 2.54. The molecule has 1 amide bonds. The lowest BCUT2D eigenvalue weighted by molar-refractivity contribution is -0.146. The maximum Gasteiger partial charge on any atom is 0.226 e. The third kappa shape index (κ3) is 2.05. The minimum absolute atomic E-state index is 0.0150. The molecule has 0 spiro atoms. The molecule has 0 radical (unpaired) electrons. The molecule has 4 saturated carbocycles. The smallest absolute Gasteiger partial charge is 0.226 e. The van der Waals surface area contributed by atoms with E-state index in [1.165, 1.54) is 19.3 Å². The van der Waals surface area contributed by atoms with Gasteiger partial charge >= 0.3 is 0 Å². The Bertz CT molecular complexity index is 459. The summed E-state index contributed by atoms with van der Waals surface area (Å²) in [6, 6.07) is 1.92. The van der Waals surface area contributed by atoms with Gasteiger partial charge < -0.3 is 5.32 Å². The minimum atomic E-state index is -0.0150. The molecule has 4 fully saturated rings. The van der Waals surface area contributed by atoms with E-state index in [2.05, 4.69) is 10.4 Å². The number of nitrogens with zero attached hydrogens (tertiary/aromatic N) is 2. The van der Waals surface area contributed by atoms with Crippen LogP contribution in [0.15, 0.2) is 18.5 Å². The molecular formula is C16H23N3O. The molecular weight excluding hydrogens is 250 g/mol. The Kier molecular flexibility index (Phi) is 2.86. The molecule has 1 aromatic heterocycles. The van der Waals surface area contributed by atoms with Crippen LogP contribution in [0.25, 0.3) is 0 Å². The zero-order valence-corrected chi connectivity index (χ0v) is 11.9. The minimum Gasteiger partial charge on any atom is -0.354 e. The second-order valence-corrected chi connectivity index (χ2v) is 7.22. The molecule has 0 atom stereocenters. The molecule has 4 aliphatic rings. The summed E-state index contributed by atoms with van der Waals surface area (Å²) >= 11 is 0. The van der Waals surface area contributed by atoms with Crippen molar-refractivity contribution in [1.29, 1.82) is 0 Å². The molecule has 108 valence electrons. The van der Waals surface area contributed by atoms with Crippen molar-refractivity contribution >= 4 is 5.91 Å². The summed E-state index contributed by atoms with van der Waals surface area (Å²) in [5, 5.41) is 7.35. The van der Waals surface area contributed by atoms with Gasteiger partial charge in [0.2, 0.25) is 5.91 Å². The lowest BCUT2D eigenvalue weighted by atomic mass is 9.49. The molecule has 1 aromatic rings. The predicted octanol–water partition coefficient (Wildman–Crippen LogP) is 2.22. The highest BCUT2D eigenvalue weighted by molar-refractivity contribution is 5.83. The molecule has 0 aliphatic heterocycles. The fraction of sp³-hybridized carbons (Fsp3) is 0.750. The molecule has 5 rings (SSSR count). The van der Waals surface area contributed by atoms with E-state index in [-0.39, 0.29) is 5.41 Å². The van der Waals surface area contributed by atoms with Crippen molar-refractivity contribution in [2.75, 3.05) is 6.54 Å². The average Bonchev–Trinajstić information content (AvgIpc) is 2.90. The number of nitrogens with one attached hydrogen (secondary N) is 1. The van der Waals surface area contributed by atoms with Crippen molar-refractivity contribution in [1.82, 2.24) is 15.1 Å². The molecule has 1 N–H and O–H groups in total. The van der Waals surface area contributed by atoms with Crippen LogP contribution < -0.4 is 5.32 Å². The fourth-order valence-corrected chi connectivity index (χ4v) is 5.29. The Morgan fingerprint density at radius 2 is 1.85 bits per heavy atom. The summed E-state index contributed by atoms with van der Waals surface area (Å²) in [6.07, 6.45) is 11.3. The average molecular weight is 273 g/mol. The van der Waals surface area contributed by atoms with Crippen LogP contribution in [0.4, 0.5) is 0 Å². The molecule has 4 aliphatic carbocycles. The van der Waals surface area contributed by atoms with Crippen LogP contribution in [0.5, 0.6) is 0 Å². The van der Waals surface area contributed by atoms with Gasteiger partial charge in [0.15, 0.2) is 0 Å². The van der Waals surface area contributed by atoms with Gasteiger partial charge in [-0.25, -0.2) is 0 Å². The largest absolute Gasteiger partial charge is 0.354 e. The van der Waals surface area contributed by atoms with Gasteiger partial charge in [0.1, 0.15) is 0 Å². The zero-order chi connectivity index (χ0) is 13.6. The molecule has 0 aromatic carbocycles. The summed E-state index contributed by atoms with van der Waals surface area (Å²) in [6.45, 7) is 1.47. The maximum absolute atomic E-state index is 12.7. The van der Waals surface area contributed by atoms with Gasteiger partial charge in [-0.1, -0.05) is 0 Å². The van der Waals surface area contributed by atoms with Gasteiger partial charge in [-0.05, 0) is 62.3 Å². The van der Waals surface area contributed by atoms with E-state index in [1.54, 1.807) is 6.20 Å². The summed E-state index contributed by atoms with van der Waals surface area (Å²) in [7, 11) is 0. The summed E-state index contributed by atoms with van der Waals surface area (Å²) < 4.78 is 1.87. The number of carbonyl (C=O) groups excluding carboxylic acids is 1. The van der Waals surface area contributed by atoms with E-state index in [9.17, 15) is 4.79 Å². The van der Waals surface area contributed by atoms with Gasteiger partial charge in [0.25, 0.3) is 0 Å². The van der Waals surface area contributed by atoms with Crippen LogP contribution >= 0.6 is 0 Å². The monoisotopic (exact) mass is 273 g/mol. The normalized spacial score (nSPS) is 38.1. The second kappa shape index (κ2) is 4.61. The first-order chi connectivity index (χ1) is 9.73. The van der Waals surface area contributed by atoms with E-state index in [4.69, 9.17) is 0 Å². The predicted molar refractivity (Wildman–Crippen MR) is 75.8 cm³/mol. The Morgan fingerprint density at radius 1 is 1.20 bits per heavy atom. The molecule has 0 unspecified atom stereocenters. The van der Waals surface area contributed by atoms with Gasteiger partial charge in [-0.15, -0.1) is 0 Å². The first kappa shape index (κ1) is 12.4. The highest BCUT2D eigenvalue weighted by Crippen LogP contribution is 2.60. The third-order valence-electron chi connectivity index (χ3n) is 5.71. The molecule has 4 nitrogen and oxygen atoms in total. The van der Waals surface area contributed by atoms with Crippen LogP contribution in [-0.4, -0.2) is 22.2 Å². The molecule has 0 saturated heterocycles. The van der Waals surface area contributed by atoms with E-state index >= 15 is 0 Å². The SMILES string of the molecule is O=C(NCCn1cccn1)C12CC3CC(CC(C3)C1)C2. The maximum atomic E-state index is 12.7. The number of amides is 1. The standard InChI is InChI=1S/C16H23N3O/c20-15(17-3-5-19-4-1-2-18-19)16-9-12-6-13(10-16)8-14(7-12)11-16/h1-2,4,12-14H,3,5-11H2,(H,17,20). The van der Waals surface area contributed by atoms with Crippen molar-refractivity contribution in [3.05, 3.63) is 18.5 Å². The number of hydrogen-bond acceptors (Lipinski definition) is 2. The lowest BCUT2D eigenvalue weighted by Gasteiger charge is -2.55.